The predicted molar refractivity (Wildman–Crippen MR) is 81.6 cm³/mol. The Labute approximate surface area is 130 Å². The minimum atomic E-state index is -0.511. The average Bonchev–Trinajstić information content (AvgIpc) is 3.23. The van der Waals surface area contributed by atoms with E-state index >= 15 is 0 Å². The van der Waals surface area contributed by atoms with Crippen molar-refractivity contribution >= 4 is 11.9 Å². The van der Waals surface area contributed by atoms with E-state index in [9.17, 15) is 9.59 Å². The molecule has 2 aliphatic rings. The van der Waals surface area contributed by atoms with Crippen molar-refractivity contribution in [2.24, 2.45) is 5.92 Å². The minimum absolute atomic E-state index is 0.0554. The second kappa shape index (κ2) is 6.46. The number of nitrogens with zero attached hydrogens (tertiary/aromatic N) is 2. The highest BCUT2D eigenvalue weighted by atomic mass is 16.5. The van der Waals surface area contributed by atoms with Gasteiger partial charge in [-0.2, -0.15) is 0 Å². The summed E-state index contributed by atoms with van der Waals surface area (Å²) in [6, 6.07) is 5.28. The zero-order chi connectivity index (χ0) is 15.5. The lowest BCUT2D eigenvalue weighted by Crippen LogP contribution is -2.39. The van der Waals surface area contributed by atoms with Gasteiger partial charge in [0.05, 0.1) is 7.11 Å². The minimum Gasteiger partial charge on any atom is -0.464 e. The molecule has 1 aliphatic heterocycles. The predicted octanol–water partition coefficient (Wildman–Crippen LogP) is 2.66. The zero-order valence-corrected chi connectivity index (χ0v) is 13.0. The summed E-state index contributed by atoms with van der Waals surface area (Å²) in [5.74, 6) is 0.0683. The lowest BCUT2D eigenvalue weighted by Gasteiger charge is -2.29. The van der Waals surface area contributed by atoms with Crippen LogP contribution in [0.3, 0.4) is 0 Å². The van der Waals surface area contributed by atoms with Crippen molar-refractivity contribution in [1.29, 1.82) is 0 Å². The second-order valence-corrected chi connectivity index (χ2v) is 6.15. The van der Waals surface area contributed by atoms with Crippen molar-refractivity contribution in [1.82, 2.24) is 9.88 Å². The fourth-order valence-electron chi connectivity index (χ4n) is 3.80. The van der Waals surface area contributed by atoms with Gasteiger partial charge in [0, 0.05) is 12.6 Å². The molecule has 1 amide bonds. The third-order valence-corrected chi connectivity index (χ3v) is 4.87. The van der Waals surface area contributed by atoms with Crippen LogP contribution in [0.1, 0.15) is 59.5 Å². The Morgan fingerprint density at radius 2 is 1.86 bits per heavy atom. The number of esters is 1. The van der Waals surface area contributed by atoms with E-state index in [1.165, 1.54) is 32.8 Å². The molecule has 5 nitrogen and oxygen atoms in total. The number of ether oxygens (including phenoxy) is 1. The number of pyridine rings is 1. The highest BCUT2D eigenvalue weighted by Crippen LogP contribution is 2.35. The fraction of sp³-hybridized carbons (Fsp3) is 0.588. The van der Waals surface area contributed by atoms with E-state index in [0.29, 0.717) is 17.7 Å². The van der Waals surface area contributed by atoms with E-state index in [2.05, 4.69) is 9.72 Å². The summed E-state index contributed by atoms with van der Waals surface area (Å²) in [5, 5.41) is 0. The molecule has 1 aromatic rings. The molecule has 118 valence electrons. The number of carbonyl (C=O) groups is 2. The number of amides is 1. The standard InChI is InChI=1S/C17H22N2O3/c1-22-17(21)14-9-4-8-13(18-14)16(20)19-11-5-10-15(19)12-6-2-3-7-12/h4,8-9,12,15H,2-3,5-7,10-11H2,1H3. The molecule has 2 heterocycles. The van der Waals surface area contributed by atoms with Gasteiger partial charge in [0.25, 0.3) is 5.91 Å². The maximum atomic E-state index is 12.8. The first-order valence-electron chi connectivity index (χ1n) is 8.07. The van der Waals surface area contributed by atoms with Crippen LogP contribution in [-0.2, 0) is 4.74 Å². The normalized spacial score (nSPS) is 22.0. The Balaban J connectivity index is 1.79. The second-order valence-electron chi connectivity index (χ2n) is 6.15. The fourth-order valence-corrected chi connectivity index (χ4v) is 3.80. The van der Waals surface area contributed by atoms with E-state index in [0.717, 1.165) is 19.4 Å². The number of methoxy groups -OCH3 is 1. The zero-order valence-electron chi connectivity index (χ0n) is 13.0. The van der Waals surface area contributed by atoms with Crippen LogP contribution in [0.5, 0.6) is 0 Å². The average molecular weight is 302 g/mol. The summed E-state index contributed by atoms with van der Waals surface area (Å²) >= 11 is 0. The lowest BCUT2D eigenvalue weighted by atomic mass is 9.96. The van der Waals surface area contributed by atoms with Gasteiger partial charge in [0.15, 0.2) is 0 Å². The molecular weight excluding hydrogens is 280 g/mol. The summed E-state index contributed by atoms with van der Waals surface area (Å²) < 4.78 is 4.67. The molecule has 1 aliphatic carbocycles. The summed E-state index contributed by atoms with van der Waals surface area (Å²) in [4.78, 5) is 30.5. The van der Waals surface area contributed by atoms with Crippen LogP contribution in [0, 0.1) is 5.92 Å². The van der Waals surface area contributed by atoms with Gasteiger partial charge in [-0.15, -0.1) is 0 Å². The summed E-state index contributed by atoms with van der Waals surface area (Å²) in [6.07, 6.45) is 7.16. The molecule has 1 saturated heterocycles. The number of hydrogen-bond acceptors (Lipinski definition) is 4. The third kappa shape index (κ3) is 2.85. The number of hydrogen-bond donors (Lipinski definition) is 0. The first-order valence-corrected chi connectivity index (χ1v) is 8.07. The van der Waals surface area contributed by atoms with E-state index in [1.54, 1.807) is 18.2 Å². The molecule has 0 aromatic carbocycles. The van der Waals surface area contributed by atoms with Crippen LogP contribution in [-0.4, -0.2) is 41.5 Å². The largest absolute Gasteiger partial charge is 0.464 e. The Bertz CT molecular complexity index is 567. The summed E-state index contributed by atoms with van der Waals surface area (Å²) in [6.45, 7) is 0.796. The molecule has 0 radical (unpaired) electrons. The lowest BCUT2D eigenvalue weighted by molar-refractivity contribution is 0.0593. The number of carbonyl (C=O) groups excluding carboxylic acids is 2. The van der Waals surface area contributed by atoms with Gasteiger partial charge in [-0.1, -0.05) is 18.9 Å². The van der Waals surface area contributed by atoms with E-state index in [4.69, 9.17) is 0 Å². The van der Waals surface area contributed by atoms with Crippen LogP contribution < -0.4 is 0 Å². The van der Waals surface area contributed by atoms with E-state index in [-0.39, 0.29) is 11.6 Å². The quantitative estimate of drug-likeness (QED) is 0.805. The molecular formula is C17H22N2O3. The van der Waals surface area contributed by atoms with Crippen LogP contribution in [0.2, 0.25) is 0 Å². The molecule has 3 rings (SSSR count). The molecule has 0 bridgehead atoms. The van der Waals surface area contributed by atoms with E-state index < -0.39 is 5.97 Å². The van der Waals surface area contributed by atoms with Crippen LogP contribution in [0.4, 0.5) is 0 Å². The number of likely N-dealkylation sites (tertiary alicyclic amines) is 1. The Hall–Kier alpha value is -1.91. The Morgan fingerprint density at radius 1 is 1.14 bits per heavy atom. The SMILES string of the molecule is COC(=O)c1cccc(C(=O)N2CCCC2C2CCCC2)n1. The van der Waals surface area contributed by atoms with Gasteiger partial charge < -0.3 is 9.64 Å². The highest BCUT2D eigenvalue weighted by molar-refractivity contribution is 5.94. The maximum Gasteiger partial charge on any atom is 0.356 e. The van der Waals surface area contributed by atoms with Crippen LogP contribution >= 0.6 is 0 Å². The summed E-state index contributed by atoms with van der Waals surface area (Å²) in [5.41, 5.74) is 0.526. The van der Waals surface area contributed by atoms with Gasteiger partial charge in [-0.3, -0.25) is 4.79 Å². The molecule has 0 N–H and O–H groups in total. The molecule has 1 unspecified atom stereocenters. The topological polar surface area (TPSA) is 59.5 Å². The number of rotatable bonds is 3. The molecule has 2 fully saturated rings. The van der Waals surface area contributed by atoms with Gasteiger partial charge >= 0.3 is 5.97 Å². The molecule has 0 spiro atoms. The molecule has 1 atom stereocenters. The van der Waals surface area contributed by atoms with Crippen molar-refractivity contribution in [3.63, 3.8) is 0 Å². The van der Waals surface area contributed by atoms with Gasteiger partial charge in [-0.25, -0.2) is 9.78 Å². The Morgan fingerprint density at radius 3 is 2.59 bits per heavy atom. The van der Waals surface area contributed by atoms with Crippen LogP contribution in [0.15, 0.2) is 18.2 Å². The van der Waals surface area contributed by atoms with Gasteiger partial charge in [0.1, 0.15) is 11.4 Å². The number of aromatic nitrogens is 1. The molecule has 1 saturated carbocycles. The first-order chi connectivity index (χ1) is 10.7. The van der Waals surface area contributed by atoms with Crippen molar-refractivity contribution in [2.75, 3.05) is 13.7 Å². The van der Waals surface area contributed by atoms with Crippen molar-refractivity contribution < 1.29 is 14.3 Å². The van der Waals surface area contributed by atoms with Crippen LogP contribution in [0.25, 0.3) is 0 Å². The summed E-state index contributed by atoms with van der Waals surface area (Å²) in [7, 11) is 1.31. The smallest absolute Gasteiger partial charge is 0.356 e. The van der Waals surface area contributed by atoms with Crippen molar-refractivity contribution in [3.8, 4) is 0 Å². The van der Waals surface area contributed by atoms with Crippen molar-refractivity contribution in [2.45, 2.75) is 44.6 Å². The van der Waals surface area contributed by atoms with E-state index in [1.807, 2.05) is 4.90 Å². The molecule has 22 heavy (non-hydrogen) atoms. The monoisotopic (exact) mass is 302 g/mol. The maximum absolute atomic E-state index is 12.8. The van der Waals surface area contributed by atoms with Gasteiger partial charge in [0.2, 0.25) is 0 Å². The molecule has 5 heteroatoms. The highest BCUT2D eigenvalue weighted by Gasteiger charge is 2.36. The molecule has 1 aromatic heterocycles. The van der Waals surface area contributed by atoms with Crippen molar-refractivity contribution in [3.05, 3.63) is 29.6 Å². The first kappa shape index (κ1) is 15.0. The van der Waals surface area contributed by atoms with Gasteiger partial charge in [-0.05, 0) is 43.7 Å². The Kier molecular flexibility index (Phi) is 4.41. The third-order valence-electron chi connectivity index (χ3n) is 4.87.